The number of nitrogens with zero attached hydrogens (tertiary/aromatic N) is 4. The van der Waals surface area contributed by atoms with Gasteiger partial charge in [-0.05, 0) is 25.3 Å². The van der Waals surface area contributed by atoms with Gasteiger partial charge in [0.2, 0.25) is 0 Å². The van der Waals surface area contributed by atoms with Crippen LogP contribution in [0.5, 0.6) is 5.75 Å². The largest absolute Gasteiger partial charge is 0.431 e. The third-order valence-corrected chi connectivity index (χ3v) is 6.04. The zero-order valence-electron chi connectivity index (χ0n) is 15.9. The summed E-state index contributed by atoms with van der Waals surface area (Å²) in [5.74, 6) is 1.78. The summed E-state index contributed by atoms with van der Waals surface area (Å²) in [7, 11) is 0. The van der Waals surface area contributed by atoms with E-state index in [1.165, 1.54) is 25.1 Å². The third kappa shape index (κ3) is 3.59. The molecule has 0 radical (unpaired) electrons. The van der Waals surface area contributed by atoms with Gasteiger partial charge in [-0.2, -0.15) is 8.78 Å². The van der Waals surface area contributed by atoms with Gasteiger partial charge < -0.3 is 20.1 Å². The summed E-state index contributed by atoms with van der Waals surface area (Å²) >= 11 is 0. The zero-order chi connectivity index (χ0) is 20.0. The highest BCUT2D eigenvalue weighted by molar-refractivity contribution is 5.67. The highest BCUT2D eigenvalue weighted by atomic mass is 19.3. The van der Waals surface area contributed by atoms with E-state index in [2.05, 4.69) is 14.6 Å². The monoisotopic (exact) mass is 403 g/mol. The van der Waals surface area contributed by atoms with E-state index in [0.29, 0.717) is 29.8 Å². The molecule has 2 aliphatic heterocycles. The molecule has 2 unspecified atom stereocenters. The second-order valence-electron chi connectivity index (χ2n) is 7.93. The molecule has 3 aliphatic rings. The van der Waals surface area contributed by atoms with E-state index in [0.717, 1.165) is 37.4 Å². The summed E-state index contributed by atoms with van der Waals surface area (Å²) in [5.41, 5.74) is 6.92. The molecule has 0 spiro atoms. The highest BCUT2D eigenvalue weighted by Gasteiger charge is 2.40. The van der Waals surface area contributed by atoms with Gasteiger partial charge in [0.25, 0.3) is 0 Å². The molecule has 4 heterocycles. The molecule has 29 heavy (non-hydrogen) atoms. The van der Waals surface area contributed by atoms with Crippen LogP contribution in [0.2, 0.25) is 0 Å². The fraction of sp³-hybridized carbons (Fsp3) is 0.550. The molecule has 7 nitrogen and oxygen atoms in total. The first-order chi connectivity index (χ1) is 14.1. The van der Waals surface area contributed by atoms with E-state index in [1.54, 1.807) is 0 Å². The molecule has 154 valence electrons. The van der Waals surface area contributed by atoms with E-state index in [4.69, 9.17) is 20.4 Å². The Labute approximate surface area is 167 Å². The molecule has 1 saturated carbocycles. The molecule has 0 amide bonds. The predicted molar refractivity (Wildman–Crippen MR) is 103 cm³/mol. The van der Waals surface area contributed by atoms with Crippen molar-refractivity contribution in [2.45, 2.75) is 56.8 Å². The van der Waals surface area contributed by atoms with E-state index in [1.807, 2.05) is 6.07 Å². The number of hydrogen-bond acceptors (Lipinski definition) is 7. The van der Waals surface area contributed by atoms with Gasteiger partial charge >= 0.3 is 6.61 Å². The lowest BCUT2D eigenvalue weighted by atomic mass is 10.1. The van der Waals surface area contributed by atoms with Gasteiger partial charge in [-0.1, -0.05) is 12.8 Å². The number of alkyl halides is 2. The summed E-state index contributed by atoms with van der Waals surface area (Å²) in [6.45, 7) is -1.45. The number of morpholine rings is 1. The number of fused-ring (bicyclic) bond motifs is 2. The van der Waals surface area contributed by atoms with Crippen LogP contribution in [0.25, 0.3) is 11.3 Å². The van der Waals surface area contributed by atoms with Crippen LogP contribution >= 0.6 is 0 Å². The molecular formula is C20H23F2N5O2. The second kappa shape index (κ2) is 7.37. The Morgan fingerprint density at radius 1 is 1.21 bits per heavy atom. The van der Waals surface area contributed by atoms with Gasteiger partial charge in [0.15, 0.2) is 11.6 Å². The lowest BCUT2D eigenvalue weighted by Gasteiger charge is -2.28. The average molecular weight is 403 g/mol. The maximum atomic E-state index is 12.7. The Morgan fingerprint density at radius 2 is 2.03 bits per heavy atom. The van der Waals surface area contributed by atoms with Crippen molar-refractivity contribution < 1.29 is 18.3 Å². The van der Waals surface area contributed by atoms with Gasteiger partial charge in [0, 0.05) is 30.3 Å². The molecule has 1 aliphatic carbocycles. The Hall–Kier alpha value is -2.55. The summed E-state index contributed by atoms with van der Waals surface area (Å²) in [6.07, 6.45) is 7.27. The molecular weight excluding hydrogens is 380 g/mol. The number of hydrogen-bond donors (Lipinski definition) is 1. The Kier molecular flexibility index (Phi) is 4.69. The van der Waals surface area contributed by atoms with Crippen molar-refractivity contribution in [3.8, 4) is 17.0 Å². The SMILES string of the molecule is Nc1ncc(-c2cc(N3CC4CC3CO4)nc(C3CCCC3)n2)cc1OC(F)F. The first-order valence-corrected chi connectivity index (χ1v) is 10.0. The minimum atomic E-state index is -2.97. The summed E-state index contributed by atoms with van der Waals surface area (Å²) < 4.78 is 35.7. The van der Waals surface area contributed by atoms with Gasteiger partial charge in [0.05, 0.1) is 24.4 Å². The Balaban J connectivity index is 1.55. The number of rotatable bonds is 5. The zero-order valence-corrected chi connectivity index (χ0v) is 15.9. The van der Waals surface area contributed by atoms with Gasteiger partial charge in [-0.15, -0.1) is 0 Å². The minimum absolute atomic E-state index is 0.0756. The maximum absolute atomic E-state index is 12.7. The Morgan fingerprint density at radius 3 is 2.72 bits per heavy atom. The summed E-state index contributed by atoms with van der Waals surface area (Å²) in [5, 5.41) is 0. The third-order valence-electron chi connectivity index (χ3n) is 6.04. The van der Waals surface area contributed by atoms with Crippen molar-refractivity contribution in [3.63, 3.8) is 0 Å². The number of ether oxygens (including phenoxy) is 2. The van der Waals surface area contributed by atoms with Gasteiger partial charge in [-0.25, -0.2) is 15.0 Å². The molecule has 9 heteroatoms. The number of aromatic nitrogens is 3. The molecule has 2 N–H and O–H groups in total. The van der Waals surface area contributed by atoms with Crippen molar-refractivity contribution in [1.29, 1.82) is 0 Å². The fourth-order valence-electron chi connectivity index (χ4n) is 4.58. The first-order valence-electron chi connectivity index (χ1n) is 10.0. The van der Waals surface area contributed by atoms with Crippen LogP contribution in [0, 0.1) is 0 Å². The lowest BCUT2D eigenvalue weighted by molar-refractivity contribution is -0.0494. The van der Waals surface area contributed by atoms with Crippen LogP contribution in [0.4, 0.5) is 20.4 Å². The van der Waals surface area contributed by atoms with Crippen LogP contribution < -0.4 is 15.4 Å². The minimum Gasteiger partial charge on any atom is -0.431 e. The normalized spacial score (nSPS) is 24.0. The second-order valence-corrected chi connectivity index (χ2v) is 7.93. The highest BCUT2D eigenvalue weighted by Crippen LogP contribution is 2.38. The first kappa shape index (κ1) is 18.5. The van der Waals surface area contributed by atoms with Crippen molar-refractivity contribution in [1.82, 2.24) is 15.0 Å². The molecule has 0 aromatic carbocycles. The number of halogens is 2. The van der Waals surface area contributed by atoms with Crippen LogP contribution in [0.15, 0.2) is 18.3 Å². The van der Waals surface area contributed by atoms with Crippen LogP contribution in [0.1, 0.15) is 43.8 Å². The van der Waals surface area contributed by atoms with Crippen LogP contribution in [-0.4, -0.2) is 46.9 Å². The predicted octanol–water partition coefficient (Wildman–Crippen LogP) is 3.36. The van der Waals surface area contributed by atoms with E-state index in [-0.39, 0.29) is 17.7 Å². The van der Waals surface area contributed by atoms with E-state index >= 15 is 0 Å². The van der Waals surface area contributed by atoms with Gasteiger partial charge in [-0.3, -0.25) is 0 Å². The molecule has 5 rings (SSSR count). The number of pyridine rings is 1. The maximum Gasteiger partial charge on any atom is 0.387 e. The number of nitrogen functional groups attached to an aromatic ring is 1. The molecule has 2 atom stereocenters. The smallest absolute Gasteiger partial charge is 0.387 e. The fourth-order valence-corrected chi connectivity index (χ4v) is 4.58. The van der Waals surface area contributed by atoms with Crippen LogP contribution in [-0.2, 0) is 4.74 Å². The van der Waals surface area contributed by atoms with Crippen molar-refractivity contribution in [3.05, 3.63) is 24.2 Å². The molecule has 2 aromatic heterocycles. The lowest BCUT2D eigenvalue weighted by Crippen LogP contribution is -2.37. The quantitative estimate of drug-likeness (QED) is 0.819. The number of anilines is 2. The standard InChI is InChI=1S/C20H23F2N5O2/c21-20(22)29-16-5-12(8-24-18(16)23)15-7-17(27-9-14-6-13(27)10-28-14)26-19(25-15)11-3-1-2-4-11/h5,7-8,11,13-14,20H,1-4,6,9-10H2,(H2,23,24). The average Bonchev–Trinajstić information content (AvgIpc) is 3.47. The van der Waals surface area contributed by atoms with E-state index < -0.39 is 6.61 Å². The summed E-state index contributed by atoms with van der Waals surface area (Å²) in [6, 6.07) is 3.69. The topological polar surface area (TPSA) is 86.4 Å². The van der Waals surface area contributed by atoms with Crippen LogP contribution in [0.3, 0.4) is 0 Å². The Bertz CT molecular complexity index is 906. The molecule has 2 saturated heterocycles. The number of nitrogens with two attached hydrogens (primary N) is 1. The van der Waals surface area contributed by atoms with Crippen molar-refractivity contribution in [2.24, 2.45) is 0 Å². The molecule has 2 bridgehead atoms. The van der Waals surface area contributed by atoms with Gasteiger partial charge in [0.1, 0.15) is 11.6 Å². The molecule has 3 fully saturated rings. The molecule has 2 aromatic rings. The van der Waals surface area contributed by atoms with Crippen molar-refractivity contribution >= 4 is 11.6 Å². The van der Waals surface area contributed by atoms with Crippen molar-refractivity contribution in [2.75, 3.05) is 23.8 Å². The summed E-state index contributed by atoms with van der Waals surface area (Å²) in [4.78, 5) is 16.0. The van der Waals surface area contributed by atoms with E-state index in [9.17, 15) is 8.78 Å².